The minimum atomic E-state index is 0.621. The molecule has 5 nitrogen and oxygen atoms in total. The number of piperidine rings is 1. The molecule has 0 amide bonds. The molecule has 5 heteroatoms. The number of hydrogen-bond acceptors (Lipinski definition) is 5. The van der Waals surface area contributed by atoms with Crippen LogP contribution < -0.4 is 10.1 Å². The van der Waals surface area contributed by atoms with Crippen LogP contribution in [0.3, 0.4) is 0 Å². The first kappa shape index (κ1) is 14.1. The number of aryl methyl sites for hydroxylation is 1. The minimum absolute atomic E-state index is 0.621. The van der Waals surface area contributed by atoms with Crippen molar-refractivity contribution in [1.29, 1.82) is 0 Å². The summed E-state index contributed by atoms with van der Waals surface area (Å²) in [5.41, 5.74) is 0. The Morgan fingerprint density at radius 1 is 1.37 bits per heavy atom. The van der Waals surface area contributed by atoms with E-state index < -0.39 is 0 Å². The first-order valence-corrected chi connectivity index (χ1v) is 7.07. The molecule has 19 heavy (non-hydrogen) atoms. The van der Waals surface area contributed by atoms with Crippen molar-refractivity contribution < 1.29 is 4.74 Å². The van der Waals surface area contributed by atoms with E-state index in [2.05, 4.69) is 27.1 Å². The number of nitrogens with zero attached hydrogens (tertiary/aromatic N) is 3. The summed E-state index contributed by atoms with van der Waals surface area (Å²) in [7, 11) is 1.63. The molecule has 1 N–H and O–H groups in total. The number of aromatic nitrogens is 2. The van der Waals surface area contributed by atoms with Gasteiger partial charge < -0.3 is 15.0 Å². The van der Waals surface area contributed by atoms with Gasteiger partial charge in [0.15, 0.2) is 0 Å². The summed E-state index contributed by atoms with van der Waals surface area (Å²) in [5.74, 6) is 2.96. The highest BCUT2D eigenvalue weighted by Gasteiger charge is 2.17. The highest BCUT2D eigenvalue weighted by Crippen LogP contribution is 2.18. The fraction of sp³-hybridized carbons (Fsp3) is 0.714. The zero-order valence-corrected chi connectivity index (χ0v) is 12.1. The van der Waals surface area contributed by atoms with Gasteiger partial charge in [-0.3, -0.25) is 0 Å². The number of hydrogen-bond donors (Lipinski definition) is 1. The second kappa shape index (κ2) is 6.70. The molecule has 106 valence electrons. The Kier molecular flexibility index (Phi) is 4.96. The van der Waals surface area contributed by atoms with Crippen LogP contribution in [-0.4, -0.2) is 48.2 Å². The van der Waals surface area contributed by atoms with E-state index in [1.165, 1.54) is 32.5 Å². The smallest absolute Gasteiger partial charge is 0.218 e. The lowest BCUT2D eigenvalue weighted by molar-refractivity contribution is 0.198. The number of nitrogens with one attached hydrogen (secondary N) is 1. The lowest BCUT2D eigenvalue weighted by Gasteiger charge is -2.31. The van der Waals surface area contributed by atoms with Gasteiger partial charge in [0.1, 0.15) is 11.6 Å². The molecule has 2 heterocycles. The number of ether oxygens (including phenoxy) is 1. The van der Waals surface area contributed by atoms with Crippen LogP contribution in [0.4, 0.5) is 5.82 Å². The van der Waals surface area contributed by atoms with Crippen LogP contribution in [0.25, 0.3) is 0 Å². The maximum absolute atomic E-state index is 5.16. The molecular weight excluding hydrogens is 240 g/mol. The number of anilines is 1. The second-order valence-electron chi connectivity index (χ2n) is 5.10. The largest absolute Gasteiger partial charge is 0.481 e. The zero-order valence-electron chi connectivity index (χ0n) is 12.1. The molecule has 1 aromatic rings. The molecule has 0 spiro atoms. The Morgan fingerprint density at radius 2 is 2.11 bits per heavy atom. The molecule has 1 aliphatic heterocycles. The second-order valence-corrected chi connectivity index (χ2v) is 5.10. The highest BCUT2D eigenvalue weighted by atomic mass is 16.5. The predicted octanol–water partition coefficient (Wildman–Crippen LogP) is 1.94. The molecule has 1 saturated heterocycles. The van der Waals surface area contributed by atoms with E-state index in [-0.39, 0.29) is 0 Å². The minimum Gasteiger partial charge on any atom is -0.481 e. The molecule has 0 unspecified atom stereocenters. The van der Waals surface area contributed by atoms with E-state index in [1.807, 2.05) is 13.0 Å². The number of rotatable bonds is 5. The van der Waals surface area contributed by atoms with E-state index in [0.717, 1.165) is 24.1 Å². The fourth-order valence-electron chi connectivity index (χ4n) is 2.49. The predicted molar refractivity (Wildman–Crippen MR) is 76.6 cm³/mol. The zero-order chi connectivity index (χ0) is 13.7. The number of methoxy groups -OCH3 is 1. The van der Waals surface area contributed by atoms with Gasteiger partial charge in [-0.1, -0.05) is 6.92 Å². The summed E-state index contributed by atoms with van der Waals surface area (Å²) < 4.78 is 5.16. The molecular formula is C14H24N4O. The molecule has 0 radical (unpaired) electrons. The summed E-state index contributed by atoms with van der Waals surface area (Å²) >= 11 is 0. The van der Waals surface area contributed by atoms with E-state index in [0.29, 0.717) is 5.88 Å². The van der Waals surface area contributed by atoms with Crippen molar-refractivity contribution in [3.8, 4) is 5.88 Å². The van der Waals surface area contributed by atoms with Crippen LogP contribution in [0, 0.1) is 12.8 Å². The molecule has 0 aromatic carbocycles. The molecule has 0 atom stereocenters. The van der Waals surface area contributed by atoms with Crippen LogP contribution >= 0.6 is 0 Å². The van der Waals surface area contributed by atoms with Crippen molar-refractivity contribution in [2.45, 2.75) is 26.7 Å². The van der Waals surface area contributed by atoms with E-state index in [9.17, 15) is 0 Å². The van der Waals surface area contributed by atoms with Crippen LogP contribution in [0.2, 0.25) is 0 Å². The van der Waals surface area contributed by atoms with E-state index >= 15 is 0 Å². The van der Waals surface area contributed by atoms with Gasteiger partial charge in [-0.2, -0.15) is 4.98 Å². The molecule has 0 saturated carbocycles. The van der Waals surface area contributed by atoms with Crippen LogP contribution in [0.5, 0.6) is 5.88 Å². The Balaban J connectivity index is 1.84. The molecule has 2 rings (SSSR count). The van der Waals surface area contributed by atoms with Crippen molar-refractivity contribution >= 4 is 5.82 Å². The fourth-order valence-corrected chi connectivity index (χ4v) is 2.49. The van der Waals surface area contributed by atoms with Gasteiger partial charge in [0.2, 0.25) is 5.88 Å². The SMILES string of the molecule is CCN1CCC(CNc2cc(OC)nc(C)n2)CC1. The van der Waals surface area contributed by atoms with Crippen molar-refractivity contribution in [3.05, 3.63) is 11.9 Å². The van der Waals surface area contributed by atoms with Crippen molar-refractivity contribution in [1.82, 2.24) is 14.9 Å². The van der Waals surface area contributed by atoms with Crippen LogP contribution in [0.1, 0.15) is 25.6 Å². The van der Waals surface area contributed by atoms with Crippen LogP contribution in [-0.2, 0) is 0 Å². The standard InChI is InChI=1S/C14H24N4O/c1-4-18-7-5-12(6-8-18)10-15-13-9-14(19-3)17-11(2)16-13/h9,12H,4-8,10H2,1-3H3,(H,15,16,17). The molecule has 1 aliphatic rings. The molecule has 0 aliphatic carbocycles. The van der Waals surface area contributed by atoms with Gasteiger partial charge in [0.05, 0.1) is 7.11 Å². The summed E-state index contributed by atoms with van der Waals surface area (Å²) in [6, 6.07) is 1.86. The molecule has 1 fully saturated rings. The maximum atomic E-state index is 5.16. The summed E-state index contributed by atoms with van der Waals surface area (Å²) in [6.07, 6.45) is 2.53. The van der Waals surface area contributed by atoms with Gasteiger partial charge in [0, 0.05) is 12.6 Å². The summed E-state index contributed by atoms with van der Waals surface area (Å²) in [4.78, 5) is 11.1. The van der Waals surface area contributed by atoms with Crippen LogP contribution in [0.15, 0.2) is 6.07 Å². The highest BCUT2D eigenvalue weighted by molar-refractivity contribution is 5.38. The Hall–Kier alpha value is -1.36. The average Bonchev–Trinajstić information content (AvgIpc) is 2.45. The first-order chi connectivity index (χ1) is 9.21. The van der Waals surface area contributed by atoms with E-state index in [4.69, 9.17) is 4.74 Å². The van der Waals surface area contributed by atoms with Gasteiger partial charge >= 0.3 is 0 Å². The Labute approximate surface area is 115 Å². The van der Waals surface area contributed by atoms with Gasteiger partial charge in [0.25, 0.3) is 0 Å². The first-order valence-electron chi connectivity index (χ1n) is 7.07. The number of likely N-dealkylation sites (tertiary alicyclic amines) is 1. The summed E-state index contributed by atoms with van der Waals surface area (Å²) in [6.45, 7) is 8.70. The Morgan fingerprint density at radius 3 is 2.74 bits per heavy atom. The maximum Gasteiger partial charge on any atom is 0.218 e. The average molecular weight is 264 g/mol. The van der Waals surface area contributed by atoms with Crippen molar-refractivity contribution in [3.63, 3.8) is 0 Å². The quantitative estimate of drug-likeness (QED) is 0.880. The third-order valence-corrected chi connectivity index (χ3v) is 3.75. The van der Waals surface area contributed by atoms with Crippen molar-refractivity contribution in [2.75, 3.05) is 38.6 Å². The van der Waals surface area contributed by atoms with Gasteiger partial charge in [-0.05, 0) is 45.3 Å². The third kappa shape index (κ3) is 4.06. The lowest BCUT2D eigenvalue weighted by atomic mass is 9.97. The molecule has 0 bridgehead atoms. The van der Waals surface area contributed by atoms with Gasteiger partial charge in [-0.25, -0.2) is 4.98 Å². The molecule has 1 aromatic heterocycles. The monoisotopic (exact) mass is 264 g/mol. The van der Waals surface area contributed by atoms with Gasteiger partial charge in [-0.15, -0.1) is 0 Å². The topological polar surface area (TPSA) is 50.3 Å². The third-order valence-electron chi connectivity index (χ3n) is 3.75. The Bertz CT molecular complexity index is 402. The van der Waals surface area contributed by atoms with E-state index in [1.54, 1.807) is 7.11 Å². The normalized spacial score (nSPS) is 17.4. The lowest BCUT2D eigenvalue weighted by Crippen LogP contribution is -2.35. The van der Waals surface area contributed by atoms with Crippen molar-refractivity contribution in [2.24, 2.45) is 5.92 Å². The summed E-state index contributed by atoms with van der Waals surface area (Å²) in [5, 5.41) is 3.41.